The zero-order chi connectivity index (χ0) is 18.3. The molecular weight excluding hydrogens is 366 g/mol. The van der Waals surface area contributed by atoms with Gasteiger partial charge in [-0.25, -0.2) is 0 Å². The zero-order valence-corrected chi connectivity index (χ0v) is 16.1. The number of hydrogen-bond acceptors (Lipinski definition) is 3. The van der Waals surface area contributed by atoms with E-state index in [-0.39, 0.29) is 11.6 Å². The van der Waals surface area contributed by atoms with E-state index in [1.54, 1.807) is 7.11 Å². The number of nitrogens with zero attached hydrogens (tertiary/aromatic N) is 1. The van der Waals surface area contributed by atoms with Crippen LogP contribution in [0.15, 0.2) is 58.7 Å². The quantitative estimate of drug-likeness (QED) is 0.424. The van der Waals surface area contributed by atoms with Gasteiger partial charge in [-0.1, -0.05) is 30.3 Å². The Kier molecular flexibility index (Phi) is 4.47. The van der Waals surface area contributed by atoms with Gasteiger partial charge in [-0.2, -0.15) is 0 Å². The third-order valence-electron chi connectivity index (χ3n) is 4.70. The number of halogens is 1. The molecule has 0 saturated carbocycles. The highest BCUT2D eigenvalue weighted by Gasteiger charge is 2.20. The summed E-state index contributed by atoms with van der Waals surface area (Å²) in [5, 5.41) is 3.96. The number of thiophene rings is 1. The first kappa shape index (κ1) is 17.1. The summed E-state index contributed by atoms with van der Waals surface area (Å²) < 4.78 is 8.24. The summed E-state index contributed by atoms with van der Waals surface area (Å²) in [6.45, 7) is 1.97. The highest BCUT2D eigenvalue weighted by atomic mass is 35.5. The molecule has 0 amide bonds. The molecule has 0 radical (unpaired) electrons. The van der Waals surface area contributed by atoms with Gasteiger partial charge in [-0.3, -0.25) is 4.79 Å². The number of hydrogen-bond donors (Lipinski definition) is 0. The van der Waals surface area contributed by atoms with Crippen LogP contribution in [0.1, 0.15) is 13.0 Å². The molecule has 2 heterocycles. The lowest BCUT2D eigenvalue weighted by molar-refractivity contribution is 0.417. The van der Waals surface area contributed by atoms with Gasteiger partial charge >= 0.3 is 0 Å². The summed E-state index contributed by atoms with van der Waals surface area (Å²) in [5.41, 5.74) is 2.96. The van der Waals surface area contributed by atoms with Crippen molar-refractivity contribution in [2.24, 2.45) is 0 Å². The summed E-state index contributed by atoms with van der Waals surface area (Å²) >= 11 is 7.59. The van der Waals surface area contributed by atoms with E-state index >= 15 is 0 Å². The van der Waals surface area contributed by atoms with Gasteiger partial charge in [0, 0.05) is 28.3 Å². The van der Waals surface area contributed by atoms with E-state index in [9.17, 15) is 4.79 Å². The Morgan fingerprint density at radius 1 is 1.15 bits per heavy atom. The minimum absolute atomic E-state index is 0.0137. The van der Waals surface area contributed by atoms with Crippen molar-refractivity contribution in [1.29, 1.82) is 0 Å². The molecule has 4 aromatic rings. The van der Waals surface area contributed by atoms with Crippen molar-refractivity contribution >= 4 is 43.9 Å². The Bertz CT molecular complexity index is 1150. The fourth-order valence-electron chi connectivity index (χ4n) is 3.50. The van der Waals surface area contributed by atoms with Gasteiger partial charge in [0.25, 0.3) is 5.56 Å². The maximum atomic E-state index is 13.1. The maximum absolute atomic E-state index is 13.1. The van der Waals surface area contributed by atoms with Crippen molar-refractivity contribution in [3.8, 4) is 16.9 Å². The lowest BCUT2D eigenvalue weighted by Gasteiger charge is -2.20. The fraction of sp³-hybridized carbons (Fsp3) is 0.190. The van der Waals surface area contributed by atoms with Gasteiger partial charge < -0.3 is 9.30 Å². The van der Waals surface area contributed by atoms with Crippen molar-refractivity contribution in [1.82, 2.24) is 4.57 Å². The van der Waals surface area contributed by atoms with Gasteiger partial charge in [-0.15, -0.1) is 22.9 Å². The van der Waals surface area contributed by atoms with Crippen molar-refractivity contribution in [2.45, 2.75) is 13.0 Å². The van der Waals surface area contributed by atoms with Crippen LogP contribution in [0.2, 0.25) is 0 Å². The van der Waals surface area contributed by atoms with Crippen LogP contribution in [0.25, 0.3) is 32.1 Å². The third kappa shape index (κ3) is 2.52. The minimum Gasteiger partial charge on any atom is -0.496 e. The zero-order valence-electron chi connectivity index (χ0n) is 14.5. The van der Waals surface area contributed by atoms with Crippen LogP contribution in [-0.4, -0.2) is 17.6 Å². The summed E-state index contributed by atoms with van der Waals surface area (Å²) in [6.07, 6.45) is 0. The third-order valence-corrected chi connectivity index (χ3v) is 6.05. The first-order valence-corrected chi connectivity index (χ1v) is 9.82. The van der Waals surface area contributed by atoms with Crippen LogP contribution in [0.3, 0.4) is 0 Å². The number of pyridine rings is 1. The van der Waals surface area contributed by atoms with Crippen LogP contribution in [0, 0.1) is 0 Å². The van der Waals surface area contributed by atoms with Crippen molar-refractivity contribution < 1.29 is 4.74 Å². The molecule has 0 bridgehead atoms. The standard InChI is InChI=1S/C21H18ClNO2S/c1-13(12-22)23-16-8-9-17(25-2)18(14-6-4-3-5-7-14)19(16)15-10-11-26-20(15)21(23)24/h3-11,13H,12H2,1-2H3. The summed E-state index contributed by atoms with van der Waals surface area (Å²) in [6, 6.07) is 16.0. The van der Waals surface area contributed by atoms with E-state index < -0.39 is 0 Å². The first-order valence-electron chi connectivity index (χ1n) is 8.41. The molecule has 0 fully saturated rings. The van der Waals surface area contributed by atoms with Crippen LogP contribution < -0.4 is 10.3 Å². The van der Waals surface area contributed by atoms with E-state index in [0.29, 0.717) is 5.88 Å². The normalized spacial score (nSPS) is 12.6. The molecule has 3 nitrogen and oxygen atoms in total. The van der Waals surface area contributed by atoms with Crippen LogP contribution in [-0.2, 0) is 0 Å². The topological polar surface area (TPSA) is 31.2 Å². The predicted octanol–water partition coefficient (Wildman–Crippen LogP) is 5.69. The SMILES string of the molecule is COc1ccc2c(c1-c1ccccc1)c1ccsc1c(=O)n2C(C)CCl. The summed E-state index contributed by atoms with van der Waals surface area (Å²) in [7, 11) is 1.68. The second kappa shape index (κ2) is 6.78. The van der Waals surface area contributed by atoms with E-state index in [0.717, 1.165) is 37.9 Å². The van der Waals surface area contributed by atoms with Crippen LogP contribution >= 0.6 is 22.9 Å². The summed E-state index contributed by atoms with van der Waals surface area (Å²) in [4.78, 5) is 13.1. The molecule has 26 heavy (non-hydrogen) atoms. The Morgan fingerprint density at radius 2 is 1.92 bits per heavy atom. The highest BCUT2D eigenvalue weighted by Crippen LogP contribution is 2.41. The molecular formula is C21H18ClNO2S. The molecule has 2 aromatic heterocycles. The Labute approximate surface area is 160 Å². The van der Waals surface area contributed by atoms with Crippen molar-refractivity contribution in [3.63, 3.8) is 0 Å². The van der Waals surface area contributed by atoms with Gasteiger partial charge in [0.15, 0.2) is 0 Å². The highest BCUT2D eigenvalue weighted by molar-refractivity contribution is 7.17. The number of ether oxygens (including phenoxy) is 1. The smallest absolute Gasteiger partial charge is 0.269 e. The molecule has 0 spiro atoms. The average Bonchev–Trinajstić information content (AvgIpc) is 3.18. The summed E-state index contributed by atoms with van der Waals surface area (Å²) in [5.74, 6) is 1.17. The number of benzene rings is 2. The molecule has 0 aliphatic carbocycles. The molecule has 0 N–H and O–H groups in total. The number of alkyl halides is 1. The van der Waals surface area contributed by atoms with E-state index in [1.807, 2.05) is 53.3 Å². The van der Waals surface area contributed by atoms with E-state index in [4.69, 9.17) is 16.3 Å². The number of fused-ring (bicyclic) bond motifs is 3. The molecule has 2 aromatic carbocycles. The van der Waals surface area contributed by atoms with Crippen molar-refractivity contribution in [2.75, 3.05) is 13.0 Å². The minimum atomic E-state index is -0.102. The monoisotopic (exact) mass is 383 g/mol. The fourth-order valence-corrected chi connectivity index (χ4v) is 4.48. The van der Waals surface area contributed by atoms with E-state index in [1.165, 1.54) is 11.3 Å². The van der Waals surface area contributed by atoms with Gasteiger partial charge in [-0.05, 0) is 36.1 Å². The van der Waals surface area contributed by atoms with Crippen LogP contribution in [0.5, 0.6) is 5.75 Å². The molecule has 5 heteroatoms. The number of rotatable bonds is 4. The molecule has 4 rings (SSSR count). The first-order chi connectivity index (χ1) is 12.7. The lowest BCUT2D eigenvalue weighted by atomic mass is 9.97. The Hall–Kier alpha value is -2.30. The Balaban J connectivity index is 2.27. The van der Waals surface area contributed by atoms with Gasteiger partial charge in [0.2, 0.25) is 0 Å². The van der Waals surface area contributed by atoms with Crippen LogP contribution in [0.4, 0.5) is 0 Å². The molecule has 0 aliphatic rings. The maximum Gasteiger partial charge on any atom is 0.269 e. The van der Waals surface area contributed by atoms with Gasteiger partial charge in [0.05, 0.1) is 12.6 Å². The van der Waals surface area contributed by atoms with Crippen molar-refractivity contribution in [3.05, 3.63) is 64.3 Å². The second-order valence-electron chi connectivity index (χ2n) is 6.24. The molecule has 0 saturated heterocycles. The van der Waals surface area contributed by atoms with Gasteiger partial charge in [0.1, 0.15) is 10.4 Å². The lowest BCUT2D eigenvalue weighted by Crippen LogP contribution is -2.24. The molecule has 132 valence electrons. The van der Waals surface area contributed by atoms with E-state index in [2.05, 4.69) is 12.1 Å². The molecule has 1 unspecified atom stereocenters. The molecule has 1 atom stereocenters. The number of methoxy groups -OCH3 is 1. The predicted molar refractivity (Wildman–Crippen MR) is 111 cm³/mol. The number of aromatic nitrogens is 1. The second-order valence-corrected chi connectivity index (χ2v) is 7.47. The average molecular weight is 384 g/mol. The molecule has 0 aliphatic heterocycles. The Morgan fingerprint density at radius 3 is 2.62 bits per heavy atom. The largest absolute Gasteiger partial charge is 0.496 e.